The molecule has 1 N–H and O–H groups in total. The first kappa shape index (κ1) is 75.5. The van der Waals surface area contributed by atoms with Crippen molar-refractivity contribution in [2.45, 2.75) is 341 Å². The fraction of sp³-hybridized carbons (Fsp3) is 0.870. The Hall–Kier alpha value is -2.49. The van der Waals surface area contributed by atoms with Crippen molar-refractivity contribution in [3.63, 3.8) is 0 Å². The number of ether oxygens (including phenoxy) is 4. The average molecular weight is 1100 g/mol. The van der Waals surface area contributed by atoms with Crippen LogP contribution in [0.15, 0.2) is 36.5 Å². The summed E-state index contributed by atoms with van der Waals surface area (Å²) in [6.45, 7) is 4.91. The maximum Gasteiger partial charge on any atom is 0.361 e. The normalized spacial score (nSPS) is 12.9. The van der Waals surface area contributed by atoms with Crippen LogP contribution in [0.1, 0.15) is 328 Å². The first-order valence-corrected chi connectivity index (χ1v) is 33.7. The number of quaternary nitrogens is 1. The molecule has 2 atom stereocenters. The lowest BCUT2D eigenvalue weighted by atomic mass is 10.0. The fourth-order valence-electron chi connectivity index (χ4n) is 9.97. The lowest BCUT2D eigenvalue weighted by Crippen LogP contribution is -2.40. The van der Waals surface area contributed by atoms with Gasteiger partial charge in [-0.15, -0.1) is 0 Å². The largest absolute Gasteiger partial charge is 0.477 e. The second-order valence-corrected chi connectivity index (χ2v) is 24.1. The molecule has 0 aromatic rings. The van der Waals surface area contributed by atoms with E-state index in [0.29, 0.717) is 23.9 Å². The number of nitrogens with zero attached hydrogens (tertiary/aromatic N) is 1. The smallest absolute Gasteiger partial charge is 0.361 e. The summed E-state index contributed by atoms with van der Waals surface area (Å²) in [7, 11) is 5.98. The topological polar surface area (TPSA) is 108 Å². The first-order chi connectivity index (χ1) is 38.1. The van der Waals surface area contributed by atoms with Crippen molar-refractivity contribution in [1.29, 1.82) is 0 Å². The second-order valence-electron chi connectivity index (χ2n) is 24.1. The molecule has 0 aromatic heterocycles. The Balaban J connectivity index is 4.10. The SMILES string of the molecule is CCCCCCC/C=C\C/C=C\C/C=C\CCCCCCCCCCC(=O)OC(COC(=O)CCCCCCCCCCCCCCCCCCCCCCCCCCCCCCCC)COC(OCC[N+](C)(C)C)C(=O)O. The molecule has 0 amide bonds. The van der Waals surface area contributed by atoms with E-state index in [0.717, 1.165) is 57.8 Å². The summed E-state index contributed by atoms with van der Waals surface area (Å²) in [5.74, 6) is -1.99. The molecular weight excluding hydrogens is 971 g/mol. The molecule has 9 nitrogen and oxygen atoms in total. The average Bonchev–Trinajstić information content (AvgIpc) is 3.41. The Kier molecular flexibility index (Phi) is 58.7. The summed E-state index contributed by atoms with van der Waals surface area (Å²) in [4.78, 5) is 37.6. The monoisotopic (exact) mass is 1100 g/mol. The lowest BCUT2D eigenvalue weighted by molar-refractivity contribution is -0.870. The Morgan fingerprint density at radius 3 is 1.03 bits per heavy atom. The van der Waals surface area contributed by atoms with E-state index in [2.05, 4.69) is 50.3 Å². The number of carbonyl (C=O) groups is 3. The summed E-state index contributed by atoms with van der Waals surface area (Å²) in [6, 6.07) is 0. The van der Waals surface area contributed by atoms with Gasteiger partial charge in [0.25, 0.3) is 6.29 Å². The van der Waals surface area contributed by atoms with Crippen LogP contribution in [0.4, 0.5) is 0 Å². The molecule has 0 spiro atoms. The quantitative estimate of drug-likeness (QED) is 0.0211. The number of likely N-dealkylation sites (N-methyl/N-ethyl adjacent to an activating group) is 1. The Morgan fingerprint density at radius 2 is 0.692 bits per heavy atom. The first-order valence-electron chi connectivity index (χ1n) is 33.7. The van der Waals surface area contributed by atoms with Gasteiger partial charge in [-0.25, -0.2) is 4.79 Å². The van der Waals surface area contributed by atoms with Crippen LogP contribution >= 0.6 is 0 Å². The van der Waals surface area contributed by atoms with Crippen LogP contribution in [0, 0.1) is 0 Å². The van der Waals surface area contributed by atoms with Gasteiger partial charge in [-0.05, 0) is 51.4 Å². The van der Waals surface area contributed by atoms with E-state index >= 15 is 0 Å². The minimum absolute atomic E-state index is 0.181. The highest BCUT2D eigenvalue weighted by atomic mass is 16.7. The van der Waals surface area contributed by atoms with Gasteiger partial charge in [0.1, 0.15) is 13.2 Å². The number of hydrogen-bond acceptors (Lipinski definition) is 7. The molecule has 458 valence electrons. The van der Waals surface area contributed by atoms with Crippen LogP contribution in [0.2, 0.25) is 0 Å². The Labute approximate surface area is 483 Å². The number of carbonyl (C=O) groups excluding carboxylic acids is 2. The van der Waals surface area contributed by atoms with Gasteiger partial charge in [0, 0.05) is 12.8 Å². The van der Waals surface area contributed by atoms with E-state index in [1.165, 1.54) is 238 Å². The maximum atomic E-state index is 12.9. The lowest BCUT2D eigenvalue weighted by Gasteiger charge is -2.25. The Bertz CT molecular complexity index is 1370. The van der Waals surface area contributed by atoms with Gasteiger partial charge in [0.15, 0.2) is 6.10 Å². The number of hydrogen-bond donors (Lipinski definition) is 1. The summed E-state index contributed by atoms with van der Waals surface area (Å²) >= 11 is 0. The number of unbranched alkanes of at least 4 members (excludes halogenated alkanes) is 42. The summed E-state index contributed by atoms with van der Waals surface area (Å²) in [5, 5.41) is 9.73. The van der Waals surface area contributed by atoms with Crippen LogP contribution in [0.3, 0.4) is 0 Å². The van der Waals surface area contributed by atoms with Gasteiger partial charge in [-0.2, -0.15) is 0 Å². The molecule has 0 heterocycles. The van der Waals surface area contributed by atoms with Crippen molar-refractivity contribution < 1.29 is 42.9 Å². The molecule has 0 radical (unpaired) electrons. The molecule has 78 heavy (non-hydrogen) atoms. The molecule has 0 rings (SSSR count). The van der Waals surface area contributed by atoms with Crippen molar-refractivity contribution in [2.75, 3.05) is 47.5 Å². The Morgan fingerprint density at radius 1 is 0.385 bits per heavy atom. The summed E-state index contributed by atoms with van der Waals surface area (Å²) < 4.78 is 23.0. The van der Waals surface area contributed by atoms with E-state index in [4.69, 9.17) is 18.9 Å². The fourth-order valence-corrected chi connectivity index (χ4v) is 9.97. The number of carboxylic acid groups (broad SMARTS) is 1. The third-order valence-corrected chi connectivity index (χ3v) is 15.1. The van der Waals surface area contributed by atoms with Gasteiger partial charge in [0.2, 0.25) is 0 Å². The van der Waals surface area contributed by atoms with Crippen LogP contribution < -0.4 is 0 Å². The van der Waals surface area contributed by atoms with Gasteiger partial charge in [-0.3, -0.25) is 9.59 Å². The van der Waals surface area contributed by atoms with E-state index in [-0.39, 0.29) is 32.2 Å². The highest BCUT2D eigenvalue weighted by Gasteiger charge is 2.25. The standard InChI is InChI=1S/C69H129NO8/c1-6-8-10-12-14-16-18-20-22-24-26-28-30-31-32-33-34-35-36-38-39-41-43-45-47-49-51-53-55-57-59-66(71)76-63-65(64-77-69(68(73)74)75-62-61-70(3,4)5)78-67(72)60-58-56-54-52-50-48-46-44-42-40-37-29-27-25-23-21-19-17-15-13-11-9-7-2/h19,21,25,27,37,40,65,69H,6-18,20,22-24,26,28-36,38-39,41-64H2,1-5H3/p+1/b21-19-,27-25-,40-37-. The maximum absolute atomic E-state index is 12.9. The van der Waals surface area contributed by atoms with E-state index in [1.54, 1.807) is 0 Å². The van der Waals surface area contributed by atoms with Crippen molar-refractivity contribution >= 4 is 17.9 Å². The number of aliphatic carboxylic acids is 1. The van der Waals surface area contributed by atoms with Crippen molar-refractivity contribution in [1.82, 2.24) is 0 Å². The summed E-state index contributed by atoms with van der Waals surface area (Å²) in [5.41, 5.74) is 0. The zero-order valence-corrected chi connectivity index (χ0v) is 52.3. The molecule has 0 bridgehead atoms. The van der Waals surface area contributed by atoms with Gasteiger partial charge < -0.3 is 28.5 Å². The van der Waals surface area contributed by atoms with E-state index < -0.39 is 24.3 Å². The molecule has 0 aliphatic rings. The highest BCUT2D eigenvalue weighted by Crippen LogP contribution is 2.18. The molecule has 0 saturated heterocycles. The molecule has 0 fully saturated rings. The predicted molar refractivity (Wildman–Crippen MR) is 332 cm³/mol. The van der Waals surface area contributed by atoms with E-state index in [1.807, 2.05) is 21.1 Å². The molecule has 0 saturated carbocycles. The number of rotatable bonds is 63. The summed E-state index contributed by atoms with van der Waals surface area (Å²) in [6.07, 6.45) is 72.5. The van der Waals surface area contributed by atoms with Crippen LogP contribution in [-0.4, -0.2) is 87.4 Å². The number of allylic oxidation sites excluding steroid dienone is 6. The van der Waals surface area contributed by atoms with Crippen molar-refractivity contribution in [3.05, 3.63) is 36.5 Å². The van der Waals surface area contributed by atoms with Crippen LogP contribution in [-0.2, 0) is 33.3 Å². The molecular formula is C69H130NO8+. The number of carboxylic acids is 1. The van der Waals surface area contributed by atoms with Crippen LogP contribution in [0.25, 0.3) is 0 Å². The molecule has 0 aromatic carbocycles. The zero-order chi connectivity index (χ0) is 56.9. The van der Waals surface area contributed by atoms with Crippen molar-refractivity contribution in [3.8, 4) is 0 Å². The van der Waals surface area contributed by atoms with Crippen molar-refractivity contribution in [2.24, 2.45) is 0 Å². The predicted octanol–water partition coefficient (Wildman–Crippen LogP) is 20.4. The highest BCUT2D eigenvalue weighted by molar-refractivity contribution is 5.71. The molecule has 9 heteroatoms. The molecule has 0 aliphatic heterocycles. The second kappa shape index (κ2) is 60.6. The third-order valence-electron chi connectivity index (χ3n) is 15.1. The molecule has 0 aliphatic carbocycles. The minimum Gasteiger partial charge on any atom is -0.477 e. The van der Waals surface area contributed by atoms with Gasteiger partial charge in [-0.1, -0.05) is 301 Å². The van der Waals surface area contributed by atoms with Crippen LogP contribution in [0.5, 0.6) is 0 Å². The third kappa shape index (κ3) is 61.1. The zero-order valence-electron chi connectivity index (χ0n) is 52.3. The number of esters is 2. The molecule has 2 unspecified atom stereocenters. The van der Waals surface area contributed by atoms with Gasteiger partial charge in [0.05, 0.1) is 34.4 Å². The van der Waals surface area contributed by atoms with E-state index in [9.17, 15) is 19.5 Å². The van der Waals surface area contributed by atoms with Gasteiger partial charge >= 0.3 is 17.9 Å². The minimum atomic E-state index is -1.51.